The fourth-order valence-electron chi connectivity index (χ4n) is 3.22. The molecule has 1 amide bonds. The number of aromatic nitrogens is 4. The van der Waals surface area contributed by atoms with Gasteiger partial charge in [-0.05, 0) is 42.5 Å². The summed E-state index contributed by atoms with van der Waals surface area (Å²) in [6.07, 6.45) is 8.62. The van der Waals surface area contributed by atoms with E-state index in [0.29, 0.717) is 35.0 Å². The Kier molecular flexibility index (Phi) is 7.22. The third-order valence-corrected chi connectivity index (χ3v) is 5.30. The van der Waals surface area contributed by atoms with Crippen molar-refractivity contribution in [2.24, 2.45) is 0 Å². The standard InChI is InChI=1S/C24H19FN6O4S/c1-2-16-6-7-19(21(12-16)35-36(25,33)34)14-28-24(32)18-4-3-5-20(13-18)27-15-22-29-23(31-30-22)17-8-10-26-11-9-17/h1,3-13,27H,14-15H2,(H,28,32)(H,29,30,31). The predicted molar refractivity (Wildman–Crippen MR) is 130 cm³/mol. The quantitative estimate of drug-likeness (QED) is 0.233. The van der Waals surface area contributed by atoms with Gasteiger partial charge in [-0.1, -0.05) is 21.9 Å². The number of hydrogen-bond donors (Lipinski definition) is 3. The Morgan fingerprint density at radius 1 is 1.11 bits per heavy atom. The number of aromatic amines is 1. The maximum Gasteiger partial charge on any atom is 0.488 e. The first-order valence-electron chi connectivity index (χ1n) is 10.5. The summed E-state index contributed by atoms with van der Waals surface area (Å²) in [5.74, 6) is 2.71. The van der Waals surface area contributed by atoms with Gasteiger partial charge in [-0.15, -0.1) is 6.42 Å². The summed E-state index contributed by atoms with van der Waals surface area (Å²) in [5, 5.41) is 12.9. The van der Waals surface area contributed by atoms with E-state index in [9.17, 15) is 17.1 Å². The molecule has 0 aliphatic heterocycles. The largest absolute Gasteiger partial charge is 0.488 e. The highest BCUT2D eigenvalue weighted by atomic mass is 32.3. The maximum atomic E-state index is 13.1. The number of nitrogens with one attached hydrogen (secondary N) is 3. The van der Waals surface area contributed by atoms with Crippen molar-refractivity contribution >= 4 is 22.1 Å². The normalized spacial score (nSPS) is 10.9. The molecule has 0 spiro atoms. The van der Waals surface area contributed by atoms with Crippen molar-refractivity contribution in [3.8, 4) is 29.5 Å². The first-order chi connectivity index (χ1) is 17.3. The molecule has 182 valence electrons. The van der Waals surface area contributed by atoms with Gasteiger partial charge < -0.3 is 14.8 Å². The van der Waals surface area contributed by atoms with Gasteiger partial charge in [0.05, 0.1) is 6.54 Å². The van der Waals surface area contributed by atoms with Crippen LogP contribution in [0.5, 0.6) is 5.75 Å². The van der Waals surface area contributed by atoms with Crippen LogP contribution in [0.25, 0.3) is 11.4 Å². The number of nitrogens with zero attached hydrogens (tertiary/aromatic N) is 3. The minimum atomic E-state index is -5.27. The number of anilines is 1. The summed E-state index contributed by atoms with van der Waals surface area (Å²) in [6, 6.07) is 14.5. The van der Waals surface area contributed by atoms with Crippen molar-refractivity contribution < 1.29 is 21.3 Å². The highest BCUT2D eigenvalue weighted by Gasteiger charge is 2.16. The smallest absolute Gasteiger partial charge is 0.378 e. The number of H-pyrrole nitrogens is 1. The molecule has 0 saturated carbocycles. The average molecular weight is 507 g/mol. The van der Waals surface area contributed by atoms with E-state index in [-0.39, 0.29) is 17.9 Å². The van der Waals surface area contributed by atoms with Crippen molar-refractivity contribution in [1.29, 1.82) is 0 Å². The van der Waals surface area contributed by atoms with Gasteiger partial charge in [0.25, 0.3) is 5.91 Å². The van der Waals surface area contributed by atoms with E-state index in [1.165, 1.54) is 18.2 Å². The van der Waals surface area contributed by atoms with E-state index in [4.69, 9.17) is 6.42 Å². The van der Waals surface area contributed by atoms with Crippen LogP contribution in [0.3, 0.4) is 0 Å². The molecule has 0 aliphatic carbocycles. The number of rotatable bonds is 9. The van der Waals surface area contributed by atoms with Crippen LogP contribution in [0.1, 0.15) is 27.3 Å². The third kappa shape index (κ3) is 6.43. The minimum absolute atomic E-state index is 0.124. The summed E-state index contributed by atoms with van der Waals surface area (Å²) in [4.78, 5) is 21.1. The first kappa shape index (κ1) is 24.4. The number of amides is 1. The molecule has 10 nitrogen and oxygen atoms in total. The van der Waals surface area contributed by atoms with Gasteiger partial charge in [0.15, 0.2) is 17.4 Å². The highest BCUT2D eigenvalue weighted by Crippen LogP contribution is 2.23. The number of benzene rings is 2. The van der Waals surface area contributed by atoms with E-state index < -0.39 is 16.4 Å². The zero-order valence-electron chi connectivity index (χ0n) is 18.6. The SMILES string of the molecule is C#Cc1ccc(CNC(=O)c2cccc(NCc3n[nH]c(-c4ccncc4)n3)c2)c(OS(=O)(=O)F)c1. The second-order valence-corrected chi connectivity index (χ2v) is 8.35. The van der Waals surface area contributed by atoms with Crippen LogP contribution in [0.2, 0.25) is 0 Å². The van der Waals surface area contributed by atoms with Gasteiger partial charge in [0.1, 0.15) is 0 Å². The zero-order valence-corrected chi connectivity index (χ0v) is 19.4. The predicted octanol–water partition coefficient (Wildman–Crippen LogP) is 2.98. The summed E-state index contributed by atoms with van der Waals surface area (Å²) >= 11 is 0. The molecule has 2 heterocycles. The molecule has 0 aliphatic rings. The third-order valence-electron chi connectivity index (χ3n) is 4.92. The number of hydrogen-bond acceptors (Lipinski definition) is 8. The Bertz CT molecular complexity index is 1530. The Hall–Kier alpha value is -4.76. The number of carbonyl (C=O) groups excluding carboxylic acids is 1. The highest BCUT2D eigenvalue weighted by molar-refractivity contribution is 7.81. The molecule has 3 N–H and O–H groups in total. The maximum absolute atomic E-state index is 13.1. The molecule has 0 radical (unpaired) electrons. The zero-order chi connectivity index (χ0) is 25.5. The molecule has 2 aromatic carbocycles. The molecule has 0 fully saturated rings. The van der Waals surface area contributed by atoms with Crippen LogP contribution in [-0.4, -0.2) is 34.5 Å². The minimum Gasteiger partial charge on any atom is -0.378 e. The topological polar surface area (TPSA) is 139 Å². The van der Waals surface area contributed by atoms with Crippen molar-refractivity contribution in [3.05, 3.63) is 89.5 Å². The van der Waals surface area contributed by atoms with Gasteiger partial charge in [0.2, 0.25) is 0 Å². The summed E-state index contributed by atoms with van der Waals surface area (Å²) < 4.78 is 39.3. The Morgan fingerprint density at radius 3 is 2.67 bits per heavy atom. The van der Waals surface area contributed by atoms with E-state index in [2.05, 4.69) is 40.9 Å². The van der Waals surface area contributed by atoms with Gasteiger partial charge in [-0.25, -0.2) is 4.98 Å². The van der Waals surface area contributed by atoms with Crippen LogP contribution in [0.4, 0.5) is 9.57 Å². The number of pyridine rings is 1. The molecular weight excluding hydrogens is 487 g/mol. The summed E-state index contributed by atoms with van der Waals surface area (Å²) in [7, 11) is -5.27. The van der Waals surface area contributed by atoms with Crippen LogP contribution in [0.15, 0.2) is 67.0 Å². The lowest BCUT2D eigenvalue weighted by atomic mass is 10.1. The molecule has 2 aromatic heterocycles. The lowest BCUT2D eigenvalue weighted by molar-refractivity contribution is 0.0951. The lowest BCUT2D eigenvalue weighted by Crippen LogP contribution is -2.23. The average Bonchev–Trinajstić information content (AvgIpc) is 3.35. The molecule has 4 aromatic rings. The Morgan fingerprint density at radius 2 is 1.92 bits per heavy atom. The molecule has 0 atom stereocenters. The Labute approximate surface area is 206 Å². The van der Waals surface area contributed by atoms with Crippen LogP contribution in [0, 0.1) is 12.3 Å². The van der Waals surface area contributed by atoms with Crippen LogP contribution in [-0.2, 0) is 23.6 Å². The number of terminal acetylenes is 1. The second-order valence-electron chi connectivity index (χ2n) is 7.40. The van der Waals surface area contributed by atoms with Crippen molar-refractivity contribution in [2.75, 3.05) is 5.32 Å². The fraction of sp³-hybridized carbons (Fsp3) is 0.0833. The lowest BCUT2D eigenvalue weighted by Gasteiger charge is -2.11. The molecule has 12 heteroatoms. The van der Waals surface area contributed by atoms with Crippen LogP contribution >= 0.6 is 0 Å². The van der Waals surface area contributed by atoms with Gasteiger partial charge in [-0.2, -0.15) is 13.5 Å². The van der Waals surface area contributed by atoms with E-state index in [1.54, 1.807) is 36.7 Å². The molecular formula is C24H19FN6O4S. The molecule has 0 saturated heterocycles. The van der Waals surface area contributed by atoms with Crippen molar-refractivity contribution in [2.45, 2.75) is 13.1 Å². The molecule has 0 unspecified atom stereocenters. The first-order valence-corrected chi connectivity index (χ1v) is 11.8. The Balaban J connectivity index is 1.39. The van der Waals surface area contributed by atoms with Gasteiger partial charge in [0, 0.05) is 46.9 Å². The molecule has 4 rings (SSSR count). The fourth-order valence-corrected chi connectivity index (χ4v) is 3.59. The van der Waals surface area contributed by atoms with Crippen molar-refractivity contribution in [3.63, 3.8) is 0 Å². The van der Waals surface area contributed by atoms with E-state index in [0.717, 1.165) is 5.56 Å². The van der Waals surface area contributed by atoms with E-state index in [1.807, 2.05) is 12.1 Å². The second kappa shape index (κ2) is 10.7. The van der Waals surface area contributed by atoms with E-state index >= 15 is 0 Å². The van der Waals surface area contributed by atoms with Crippen molar-refractivity contribution in [1.82, 2.24) is 25.5 Å². The molecule has 36 heavy (non-hydrogen) atoms. The van der Waals surface area contributed by atoms with Gasteiger partial charge in [-0.3, -0.25) is 14.9 Å². The summed E-state index contributed by atoms with van der Waals surface area (Å²) in [5.41, 5.74) is 2.38. The molecule has 0 bridgehead atoms. The number of carbonyl (C=O) groups is 1. The van der Waals surface area contributed by atoms with Crippen LogP contribution < -0.4 is 14.8 Å². The summed E-state index contributed by atoms with van der Waals surface area (Å²) in [6.45, 7) is 0.188. The monoisotopic (exact) mass is 506 g/mol. The number of halogens is 1. The van der Waals surface area contributed by atoms with Gasteiger partial charge >= 0.3 is 10.5 Å².